The molecule has 34 heavy (non-hydrogen) atoms. The average molecular weight is 461 g/mol. The molecule has 0 fully saturated rings. The maximum Gasteiger partial charge on any atom is 0.333 e. The lowest BCUT2D eigenvalue weighted by Gasteiger charge is -2.10. The van der Waals surface area contributed by atoms with Gasteiger partial charge in [-0.15, -0.1) is 0 Å². The van der Waals surface area contributed by atoms with Gasteiger partial charge in [-0.25, -0.2) is 4.79 Å². The van der Waals surface area contributed by atoms with Gasteiger partial charge in [0.25, 0.3) is 0 Å². The van der Waals surface area contributed by atoms with Crippen LogP contribution in [0, 0.1) is 0 Å². The molecule has 0 radical (unpaired) electrons. The van der Waals surface area contributed by atoms with Crippen LogP contribution >= 0.6 is 0 Å². The van der Waals surface area contributed by atoms with Crippen molar-refractivity contribution >= 4 is 17.5 Å². The summed E-state index contributed by atoms with van der Waals surface area (Å²) in [6.45, 7) is 0.478. The van der Waals surface area contributed by atoms with Crippen LogP contribution in [0.3, 0.4) is 0 Å². The Hall–Kier alpha value is -3.77. The maximum absolute atomic E-state index is 12.4. The van der Waals surface area contributed by atoms with Crippen LogP contribution in [0.1, 0.15) is 51.1 Å². The molecule has 1 unspecified atom stereocenters. The second kappa shape index (κ2) is 12.5. The van der Waals surface area contributed by atoms with E-state index in [2.05, 4.69) is 0 Å². The zero-order valence-electron chi connectivity index (χ0n) is 19.1. The van der Waals surface area contributed by atoms with Crippen molar-refractivity contribution in [2.24, 2.45) is 0 Å². The van der Waals surface area contributed by atoms with Crippen molar-refractivity contribution in [1.29, 1.82) is 0 Å². The minimum absolute atomic E-state index is 0.0286. The number of benzene rings is 3. The lowest BCUT2D eigenvalue weighted by Crippen LogP contribution is -2.24. The van der Waals surface area contributed by atoms with Crippen molar-refractivity contribution in [1.82, 2.24) is 0 Å². The second-order valence-electron chi connectivity index (χ2n) is 7.91. The molecular weight excluding hydrogens is 432 g/mol. The molecular formula is C28H28O6. The third kappa shape index (κ3) is 7.12. The molecule has 1 N–H and O–H groups in total. The molecule has 0 heterocycles. The van der Waals surface area contributed by atoms with Crippen LogP contribution in [0.15, 0.2) is 78.9 Å². The molecule has 3 rings (SSSR count). The second-order valence-corrected chi connectivity index (χ2v) is 7.91. The number of hydrogen-bond acceptors (Lipinski definition) is 5. The Morgan fingerprint density at radius 2 is 1.41 bits per heavy atom. The first-order valence-electron chi connectivity index (χ1n) is 11.2. The summed E-state index contributed by atoms with van der Waals surface area (Å²) >= 11 is 0. The van der Waals surface area contributed by atoms with Crippen molar-refractivity contribution in [2.45, 2.75) is 31.8 Å². The summed E-state index contributed by atoms with van der Waals surface area (Å²) in [6.07, 6.45) is 1.17. The van der Waals surface area contributed by atoms with Gasteiger partial charge in [0.1, 0.15) is 5.75 Å². The molecule has 0 aliphatic carbocycles. The average Bonchev–Trinajstić information content (AvgIpc) is 2.87. The van der Waals surface area contributed by atoms with Gasteiger partial charge < -0.3 is 14.6 Å². The molecule has 1 atom stereocenters. The van der Waals surface area contributed by atoms with E-state index in [0.717, 1.165) is 12.0 Å². The van der Waals surface area contributed by atoms with Gasteiger partial charge in [0.15, 0.2) is 17.7 Å². The highest BCUT2D eigenvalue weighted by Gasteiger charge is 2.17. The molecule has 0 saturated carbocycles. The fourth-order valence-corrected chi connectivity index (χ4v) is 3.49. The Bertz CT molecular complexity index is 1090. The van der Waals surface area contributed by atoms with E-state index in [1.165, 1.54) is 7.11 Å². The zero-order valence-corrected chi connectivity index (χ0v) is 19.1. The fraction of sp³-hybridized carbons (Fsp3) is 0.250. The summed E-state index contributed by atoms with van der Waals surface area (Å²) in [5.41, 5.74) is 2.66. The molecule has 0 aliphatic heterocycles. The Kier molecular flexibility index (Phi) is 9.12. The Morgan fingerprint density at radius 3 is 2.03 bits per heavy atom. The zero-order chi connectivity index (χ0) is 24.3. The van der Waals surface area contributed by atoms with Gasteiger partial charge in [-0.3, -0.25) is 9.59 Å². The molecule has 176 valence electrons. The van der Waals surface area contributed by atoms with E-state index < -0.39 is 12.1 Å². The number of carbonyl (C=O) groups excluding carboxylic acids is 2. The van der Waals surface area contributed by atoms with Gasteiger partial charge in [0, 0.05) is 36.6 Å². The molecule has 0 saturated heterocycles. The van der Waals surface area contributed by atoms with E-state index in [1.807, 2.05) is 18.2 Å². The van der Waals surface area contributed by atoms with Crippen LogP contribution in [0.5, 0.6) is 5.75 Å². The van der Waals surface area contributed by atoms with Crippen molar-refractivity contribution in [2.75, 3.05) is 13.7 Å². The fourth-order valence-electron chi connectivity index (χ4n) is 3.49. The smallest absolute Gasteiger partial charge is 0.333 e. The molecule has 0 aromatic heterocycles. The van der Waals surface area contributed by atoms with E-state index in [4.69, 9.17) is 14.6 Å². The van der Waals surface area contributed by atoms with Crippen molar-refractivity contribution in [3.63, 3.8) is 0 Å². The predicted molar refractivity (Wildman–Crippen MR) is 129 cm³/mol. The van der Waals surface area contributed by atoms with Crippen LogP contribution in [-0.4, -0.2) is 42.5 Å². The topological polar surface area (TPSA) is 89.9 Å². The van der Waals surface area contributed by atoms with Crippen molar-refractivity contribution in [3.8, 4) is 5.75 Å². The number of carboxylic acid groups (broad SMARTS) is 1. The van der Waals surface area contributed by atoms with Crippen LogP contribution in [0.25, 0.3) is 0 Å². The van der Waals surface area contributed by atoms with E-state index >= 15 is 0 Å². The number of unbranched alkanes of at least 4 members (excludes halogenated alkanes) is 1. The number of carboxylic acids is 1. The van der Waals surface area contributed by atoms with E-state index in [9.17, 15) is 14.4 Å². The lowest BCUT2D eigenvalue weighted by atomic mass is 10.0. The summed E-state index contributed by atoms with van der Waals surface area (Å²) in [7, 11) is 1.36. The SMILES string of the molecule is COC(Cc1ccc(C(=O)CCCCOc2ccc(C(=O)c3ccccc3)cc2)cc1)C(=O)O. The standard InChI is InChI=1S/C28H28O6/c1-33-26(28(31)32)19-20-10-12-21(13-11-20)25(29)9-5-6-18-34-24-16-14-23(15-17-24)27(30)22-7-3-2-4-8-22/h2-4,7-8,10-17,26H,5-6,9,18-19H2,1H3,(H,31,32). The van der Waals surface area contributed by atoms with Crippen LogP contribution in [0.4, 0.5) is 0 Å². The Balaban J connectivity index is 1.39. The highest BCUT2D eigenvalue weighted by atomic mass is 16.5. The highest BCUT2D eigenvalue weighted by molar-refractivity contribution is 6.09. The van der Waals surface area contributed by atoms with Gasteiger partial charge in [-0.1, -0.05) is 54.6 Å². The number of ether oxygens (including phenoxy) is 2. The predicted octanol–water partition coefficient (Wildman–Crippen LogP) is 4.99. The monoisotopic (exact) mass is 460 g/mol. The van der Waals surface area contributed by atoms with Crippen LogP contribution in [-0.2, 0) is 16.0 Å². The van der Waals surface area contributed by atoms with Gasteiger partial charge in [-0.05, 0) is 42.7 Å². The largest absolute Gasteiger partial charge is 0.494 e. The van der Waals surface area contributed by atoms with Gasteiger partial charge >= 0.3 is 5.97 Å². The molecule has 3 aromatic rings. The van der Waals surface area contributed by atoms with E-state index in [1.54, 1.807) is 60.7 Å². The molecule has 0 amide bonds. The Labute approximate surface area is 199 Å². The number of carbonyl (C=O) groups is 3. The molecule has 6 heteroatoms. The first kappa shape index (κ1) is 24.9. The van der Waals surface area contributed by atoms with E-state index in [0.29, 0.717) is 41.9 Å². The van der Waals surface area contributed by atoms with Gasteiger partial charge in [0.05, 0.1) is 6.61 Å². The van der Waals surface area contributed by atoms with Crippen LogP contribution in [0.2, 0.25) is 0 Å². The molecule has 0 aliphatic rings. The molecule has 0 bridgehead atoms. The number of Topliss-reactive ketones (excluding diaryl/α,β-unsaturated/α-hetero) is 1. The number of methoxy groups -OCH3 is 1. The van der Waals surface area contributed by atoms with E-state index in [-0.39, 0.29) is 18.0 Å². The third-order valence-corrected chi connectivity index (χ3v) is 5.48. The first-order valence-corrected chi connectivity index (χ1v) is 11.2. The molecule has 6 nitrogen and oxygen atoms in total. The van der Waals surface area contributed by atoms with Gasteiger partial charge in [-0.2, -0.15) is 0 Å². The summed E-state index contributed by atoms with van der Waals surface area (Å²) in [6, 6.07) is 23.2. The minimum atomic E-state index is -1.01. The number of hydrogen-bond donors (Lipinski definition) is 1. The van der Waals surface area contributed by atoms with Crippen molar-refractivity contribution in [3.05, 3.63) is 101 Å². The minimum Gasteiger partial charge on any atom is -0.494 e. The summed E-state index contributed by atoms with van der Waals surface area (Å²) in [5.74, 6) is -0.320. The van der Waals surface area contributed by atoms with Crippen molar-refractivity contribution < 1.29 is 29.0 Å². The Morgan fingerprint density at radius 1 is 0.794 bits per heavy atom. The lowest BCUT2D eigenvalue weighted by molar-refractivity contribution is -0.148. The number of ketones is 2. The summed E-state index contributed by atoms with van der Waals surface area (Å²) in [4.78, 5) is 35.9. The summed E-state index contributed by atoms with van der Waals surface area (Å²) < 4.78 is 10.7. The third-order valence-electron chi connectivity index (χ3n) is 5.48. The molecule has 3 aromatic carbocycles. The quantitative estimate of drug-likeness (QED) is 0.285. The van der Waals surface area contributed by atoms with Gasteiger partial charge in [0.2, 0.25) is 0 Å². The maximum atomic E-state index is 12.4. The normalized spacial score (nSPS) is 11.6. The summed E-state index contributed by atoms with van der Waals surface area (Å²) in [5, 5.41) is 9.07. The number of rotatable bonds is 13. The molecule has 0 spiro atoms. The first-order chi connectivity index (χ1) is 16.5. The number of aliphatic carboxylic acids is 1. The highest BCUT2D eigenvalue weighted by Crippen LogP contribution is 2.17. The van der Waals surface area contributed by atoms with Crippen LogP contribution < -0.4 is 4.74 Å².